The third-order valence-corrected chi connectivity index (χ3v) is 5.19. The topological polar surface area (TPSA) is 112 Å². The van der Waals surface area contributed by atoms with Gasteiger partial charge < -0.3 is 25.0 Å². The van der Waals surface area contributed by atoms with Crippen molar-refractivity contribution in [2.75, 3.05) is 18.5 Å². The summed E-state index contributed by atoms with van der Waals surface area (Å²) in [7, 11) is 0. The number of ether oxygens (including phenoxy) is 2. The summed E-state index contributed by atoms with van der Waals surface area (Å²) < 4.78 is 11.4. The first-order chi connectivity index (χ1) is 16.3. The molecular formula is C26H25ClN2O5. The Morgan fingerprint density at radius 2 is 1.88 bits per heavy atom. The van der Waals surface area contributed by atoms with Gasteiger partial charge in [0.15, 0.2) is 0 Å². The molecule has 0 aliphatic heterocycles. The lowest BCUT2D eigenvalue weighted by molar-refractivity contribution is -0.115. The van der Waals surface area contributed by atoms with Crippen LogP contribution in [0, 0.1) is 25.2 Å². The van der Waals surface area contributed by atoms with Crippen molar-refractivity contribution in [3.8, 4) is 23.3 Å². The highest BCUT2D eigenvalue weighted by atomic mass is 35.5. The molecule has 34 heavy (non-hydrogen) atoms. The number of hydrogen-bond acceptors (Lipinski definition) is 6. The maximum atomic E-state index is 12.7. The average Bonchev–Trinajstić information content (AvgIpc) is 2.80. The van der Waals surface area contributed by atoms with Crippen LogP contribution >= 0.6 is 11.6 Å². The molecule has 3 rings (SSSR count). The summed E-state index contributed by atoms with van der Waals surface area (Å²) >= 11 is 6.06. The van der Waals surface area contributed by atoms with Gasteiger partial charge in [-0.25, -0.2) is 0 Å². The zero-order chi connectivity index (χ0) is 24.7. The van der Waals surface area contributed by atoms with Gasteiger partial charge in [0.25, 0.3) is 0 Å². The quantitative estimate of drug-likeness (QED) is 0.414. The van der Waals surface area contributed by atoms with Crippen molar-refractivity contribution in [1.82, 2.24) is 0 Å². The number of nitriles is 1. The molecule has 0 saturated carbocycles. The van der Waals surface area contributed by atoms with Gasteiger partial charge in [0.2, 0.25) is 5.91 Å². The molecule has 0 aliphatic rings. The van der Waals surface area contributed by atoms with Gasteiger partial charge in [-0.3, -0.25) is 4.79 Å². The lowest BCUT2D eigenvalue weighted by Crippen LogP contribution is -2.21. The number of hydrogen-bond donors (Lipinski definition) is 3. The van der Waals surface area contributed by atoms with Crippen LogP contribution in [0.1, 0.15) is 22.3 Å². The number of aryl methyl sites for hydroxylation is 2. The van der Waals surface area contributed by atoms with Crippen molar-refractivity contribution in [2.45, 2.75) is 26.4 Å². The molecule has 0 radical (unpaired) electrons. The van der Waals surface area contributed by atoms with Crippen molar-refractivity contribution in [2.24, 2.45) is 0 Å². The fraction of sp³-hybridized carbons (Fsp3) is 0.231. The van der Waals surface area contributed by atoms with E-state index in [9.17, 15) is 9.90 Å². The van der Waals surface area contributed by atoms with E-state index in [4.69, 9.17) is 31.4 Å². The SMILES string of the molecule is Cc1cc(OC[C@@H](O)CO)ccc1NC(=O)Cc1ccc(C)c(Oc2cc(Cl)cc(C#N)c2)c1. The third kappa shape index (κ3) is 6.96. The van der Waals surface area contributed by atoms with Gasteiger partial charge in [0.1, 0.15) is 30.0 Å². The monoisotopic (exact) mass is 480 g/mol. The molecule has 0 saturated heterocycles. The fourth-order valence-electron chi connectivity index (χ4n) is 3.17. The van der Waals surface area contributed by atoms with Crippen LogP contribution in [-0.2, 0) is 11.2 Å². The summed E-state index contributed by atoms with van der Waals surface area (Å²) in [6, 6.07) is 17.5. The summed E-state index contributed by atoms with van der Waals surface area (Å²) in [5.74, 6) is 1.35. The second kappa shape index (κ2) is 11.5. The first-order valence-corrected chi connectivity index (χ1v) is 11.0. The molecule has 0 heterocycles. The van der Waals surface area contributed by atoms with Crippen molar-refractivity contribution in [1.29, 1.82) is 5.26 Å². The molecule has 0 aromatic heterocycles. The number of rotatable bonds is 9. The van der Waals surface area contributed by atoms with E-state index >= 15 is 0 Å². The van der Waals surface area contributed by atoms with Crippen molar-refractivity contribution < 1.29 is 24.5 Å². The highest BCUT2D eigenvalue weighted by Gasteiger charge is 2.11. The predicted molar refractivity (Wildman–Crippen MR) is 130 cm³/mol. The van der Waals surface area contributed by atoms with Crippen LogP contribution < -0.4 is 14.8 Å². The van der Waals surface area contributed by atoms with Crippen molar-refractivity contribution in [3.05, 3.63) is 81.9 Å². The number of aliphatic hydroxyl groups excluding tert-OH is 2. The summed E-state index contributed by atoms with van der Waals surface area (Å²) in [6.45, 7) is 3.33. The molecule has 3 N–H and O–H groups in total. The van der Waals surface area contributed by atoms with Crippen molar-refractivity contribution in [3.63, 3.8) is 0 Å². The number of nitrogens with one attached hydrogen (secondary N) is 1. The molecule has 1 atom stereocenters. The lowest BCUT2D eigenvalue weighted by Gasteiger charge is -2.14. The Kier molecular flexibility index (Phi) is 8.50. The molecule has 176 valence electrons. The number of amides is 1. The predicted octanol–water partition coefficient (Wildman–Crippen LogP) is 4.53. The average molecular weight is 481 g/mol. The summed E-state index contributed by atoms with van der Waals surface area (Å²) in [4.78, 5) is 12.7. The minimum absolute atomic E-state index is 0.0213. The maximum Gasteiger partial charge on any atom is 0.228 e. The van der Waals surface area contributed by atoms with Gasteiger partial charge in [-0.1, -0.05) is 23.7 Å². The van der Waals surface area contributed by atoms with E-state index in [1.165, 1.54) is 0 Å². The molecule has 7 nitrogen and oxygen atoms in total. The van der Waals surface area contributed by atoms with Crippen LogP contribution in [0.2, 0.25) is 5.02 Å². The lowest BCUT2D eigenvalue weighted by atomic mass is 10.1. The normalized spacial score (nSPS) is 11.4. The summed E-state index contributed by atoms with van der Waals surface area (Å²) in [6.07, 6.45) is -0.814. The molecule has 1 amide bonds. The Morgan fingerprint density at radius 1 is 1.09 bits per heavy atom. The Morgan fingerprint density at radius 3 is 2.59 bits per heavy atom. The number of nitrogens with zero attached hydrogens (tertiary/aromatic N) is 1. The van der Waals surface area contributed by atoms with Crippen LogP contribution in [0.15, 0.2) is 54.6 Å². The first-order valence-electron chi connectivity index (χ1n) is 10.6. The Labute approximate surface area is 203 Å². The van der Waals surface area contributed by atoms with Crippen molar-refractivity contribution >= 4 is 23.2 Å². The minimum atomic E-state index is -0.949. The first kappa shape index (κ1) is 25.1. The van der Waals surface area contributed by atoms with Gasteiger partial charge >= 0.3 is 0 Å². The van der Waals surface area contributed by atoms with Gasteiger partial charge in [-0.05, 0) is 73.0 Å². The minimum Gasteiger partial charge on any atom is -0.491 e. The number of benzene rings is 3. The summed E-state index contributed by atoms with van der Waals surface area (Å²) in [5, 5.41) is 30.7. The van der Waals surface area contributed by atoms with E-state index in [1.807, 2.05) is 32.0 Å². The number of halogens is 1. The molecule has 0 bridgehead atoms. The standard InChI is InChI=1S/C26H25ClN2O5/c1-16-3-4-18(10-25(16)34-23-9-19(13-28)8-20(27)12-23)11-26(32)29-24-6-5-22(7-17(24)2)33-15-21(31)14-30/h3-10,12,21,30-31H,11,14-15H2,1-2H3,(H,29,32)/t21-/m0/s1. The van der Waals surface area contributed by atoms with Gasteiger partial charge in [0.05, 0.1) is 24.7 Å². The molecule has 0 fully saturated rings. The molecule has 3 aromatic carbocycles. The van der Waals surface area contributed by atoms with Gasteiger partial charge in [0, 0.05) is 10.7 Å². The highest BCUT2D eigenvalue weighted by molar-refractivity contribution is 6.30. The number of carbonyl (C=O) groups excluding carboxylic acids is 1. The Balaban J connectivity index is 1.66. The zero-order valence-corrected chi connectivity index (χ0v) is 19.6. The van der Waals surface area contributed by atoms with Crippen LogP contribution in [0.25, 0.3) is 0 Å². The second-order valence-corrected chi connectivity index (χ2v) is 8.27. The maximum absolute atomic E-state index is 12.7. The van der Waals surface area contributed by atoms with E-state index in [0.29, 0.717) is 33.5 Å². The summed E-state index contributed by atoms with van der Waals surface area (Å²) in [5.41, 5.74) is 3.47. The molecular weight excluding hydrogens is 456 g/mol. The number of aliphatic hydroxyl groups is 2. The molecule has 0 unspecified atom stereocenters. The van der Waals surface area contributed by atoms with E-state index in [0.717, 1.165) is 16.7 Å². The Bertz CT molecular complexity index is 1220. The largest absolute Gasteiger partial charge is 0.491 e. The molecule has 8 heteroatoms. The Hall–Kier alpha value is -3.57. The van der Waals surface area contributed by atoms with Crippen LogP contribution in [0.3, 0.4) is 0 Å². The van der Waals surface area contributed by atoms with Gasteiger partial charge in [-0.2, -0.15) is 5.26 Å². The highest BCUT2D eigenvalue weighted by Crippen LogP contribution is 2.29. The number of carbonyl (C=O) groups is 1. The van der Waals surface area contributed by atoms with E-state index < -0.39 is 6.10 Å². The third-order valence-electron chi connectivity index (χ3n) is 4.97. The van der Waals surface area contributed by atoms with E-state index in [2.05, 4.69) is 5.32 Å². The number of anilines is 1. The second-order valence-electron chi connectivity index (χ2n) is 7.84. The fourth-order valence-corrected chi connectivity index (χ4v) is 3.39. The molecule has 0 aliphatic carbocycles. The molecule has 3 aromatic rings. The van der Waals surface area contributed by atoms with Gasteiger partial charge in [-0.15, -0.1) is 0 Å². The smallest absolute Gasteiger partial charge is 0.228 e. The van der Waals surface area contributed by atoms with Crippen LogP contribution in [0.4, 0.5) is 5.69 Å². The van der Waals surface area contributed by atoms with E-state index in [-0.39, 0.29) is 25.5 Å². The molecule has 0 spiro atoms. The van der Waals surface area contributed by atoms with E-state index in [1.54, 1.807) is 42.5 Å². The zero-order valence-electron chi connectivity index (χ0n) is 18.8. The van der Waals surface area contributed by atoms with Crippen LogP contribution in [-0.4, -0.2) is 35.4 Å². The van der Waals surface area contributed by atoms with Crippen LogP contribution in [0.5, 0.6) is 17.2 Å².